The van der Waals surface area contributed by atoms with Gasteiger partial charge in [0.05, 0.1) is 11.9 Å². The van der Waals surface area contributed by atoms with E-state index >= 15 is 0 Å². The van der Waals surface area contributed by atoms with E-state index in [9.17, 15) is 9.18 Å². The summed E-state index contributed by atoms with van der Waals surface area (Å²) in [5, 5.41) is 2.61. The molecule has 1 amide bonds. The number of carbonyl (C=O) groups is 1. The zero-order valence-corrected chi connectivity index (χ0v) is 10.9. The van der Waals surface area contributed by atoms with Gasteiger partial charge in [-0.15, -0.1) is 0 Å². The molecular formula is C15H13FN2O2. The molecule has 0 spiro atoms. The fraction of sp³-hybridized carbons (Fsp3) is 0.0667. The van der Waals surface area contributed by atoms with Crippen molar-refractivity contribution in [3.63, 3.8) is 0 Å². The molecular weight excluding hydrogens is 259 g/mol. The number of carbonyl (C=O) groups excluding carboxylic acids is 1. The predicted octanol–water partition coefficient (Wildman–Crippen LogP) is 3.53. The number of pyridine rings is 1. The van der Waals surface area contributed by atoms with Crippen LogP contribution in [-0.2, 0) is 4.79 Å². The van der Waals surface area contributed by atoms with Crippen LogP contribution < -0.4 is 10.1 Å². The molecule has 0 saturated carbocycles. The zero-order chi connectivity index (χ0) is 14.5. The average Bonchev–Trinajstić information content (AvgIpc) is 2.43. The first kappa shape index (κ1) is 13.7. The van der Waals surface area contributed by atoms with E-state index in [1.165, 1.54) is 18.3 Å². The number of ether oxygens (including phenoxy) is 1. The quantitative estimate of drug-likeness (QED) is 0.866. The molecule has 4 nitrogen and oxygen atoms in total. The highest BCUT2D eigenvalue weighted by Gasteiger charge is 2.06. The lowest BCUT2D eigenvalue weighted by Gasteiger charge is -2.07. The summed E-state index contributed by atoms with van der Waals surface area (Å²) in [6.07, 6.45) is 1.43. The Hall–Kier alpha value is -2.69. The monoisotopic (exact) mass is 272 g/mol. The second kappa shape index (κ2) is 5.97. The van der Waals surface area contributed by atoms with Gasteiger partial charge in [0, 0.05) is 11.6 Å². The van der Waals surface area contributed by atoms with Gasteiger partial charge in [-0.25, -0.2) is 9.37 Å². The van der Waals surface area contributed by atoms with Gasteiger partial charge in [-0.1, -0.05) is 18.7 Å². The van der Waals surface area contributed by atoms with E-state index in [1.807, 2.05) is 0 Å². The number of amides is 1. The summed E-state index contributed by atoms with van der Waals surface area (Å²) in [7, 11) is 0. The van der Waals surface area contributed by atoms with E-state index in [4.69, 9.17) is 4.74 Å². The van der Waals surface area contributed by atoms with Crippen LogP contribution in [-0.4, -0.2) is 10.9 Å². The number of anilines is 1. The maximum Gasteiger partial charge on any atom is 0.250 e. The fourth-order valence-corrected chi connectivity index (χ4v) is 1.39. The molecule has 5 heteroatoms. The molecule has 0 bridgehead atoms. The van der Waals surface area contributed by atoms with Gasteiger partial charge in [0.25, 0.3) is 5.91 Å². The number of benzene rings is 1. The van der Waals surface area contributed by atoms with Gasteiger partial charge in [0.2, 0.25) is 5.88 Å². The Morgan fingerprint density at radius 3 is 2.65 bits per heavy atom. The van der Waals surface area contributed by atoms with Crippen molar-refractivity contribution in [2.24, 2.45) is 0 Å². The highest BCUT2D eigenvalue weighted by molar-refractivity contribution is 6.02. The number of rotatable bonds is 4. The van der Waals surface area contributed by atoms with Crippen molar-refractivity contribution in [2.75, 3.05) is 5.32 Å². The van der Waals surface area contributed by atoms with E-state index < -0.39 is 5.82 Å². The van der Waals surface area contributed by atoms with Crippen LogP contribution in [0.5, 0.6) is 11.6 Å². The van der Waals surface area contributed by atoms with Gasteiger partial charge < -0.3 is 10.1 Å². The van der Waals surface area contributed by atoms with Crippen molar-refractivity contribution < 1.29 is 13.9 Å². The second-order valence-corrected chi connectivity index (χ2v) is 4.15. The normalized spacial score (nSPS) is 9.90. The van der Waals surface area contributed by atoms with Gasteiger partial charge in [-0.2, -0.15) is 0 Å². The Morgan fingerprint density at radius 1 is 1.30 bits per heavy atom. The molecule has 102 valence electrons. The fourth-order valence-electron chi connectivity index (χ4n) is 1.39. The molecule has 0 aliphatic rings. The summed E-state index contributed by atoms with van der Waals surface area (Å²) in [5.41, 5.74) is 0.913. The van der Waals surface area contributed by atoms with Crippen molar-refractivity contribution in [3.8, 4) is 11.6 Å². The van der Waals surface area contributed by atoms with Gasteiger partial charge in [0.15, 0.2) is 11.6 Å². The number of para-hydroxylation sites is 1. The van der Waals surface area contributed by atoms with E-state index in [0.29, 0.717) is 11.3 Å². The van der Waals surface area contributed by atoms with Crippen LogP contribution in [0.4, 0.5) is 10.1 Å². The largest absolute Gasteiger partial charge is 0.436 e. The van der Waals surface area contributed by atoms with Crippen molar-refractivity contribution >= 4 is 11.6 Å². The average molecular weight is 272 g/mol. The summed E-state index contributed by atoms with van der Waals surface area (Å²) in [6, 6.07) is 9.21. The number of hydrogen-bond donors (Lipinski definition) is 1. The standard InChI is InChI=1S/C15H13FN2O2/c1-10(2)15(19)18-11-7-8-14(17-9-11)20-13-6-4-3-5-12(13)16/h3-9H,1H2,2H3,(H,18,19). The highest BCUT2D eigenvalue weighted by Crippen LogP contribution is 2.23. The van der Waals surface area contributed by atoms with Crippen molar-refractivity contribution in [1.82, 2.24) is 4.98 Å². The molecule has 0 aliphatic heterocycles. The molecule has 0 saturated heterocycles. The molecule has 0 atom stereocenters. The van der Waals surface area contributed by atoms with Gasteiger partial charge in [-0.3, -0.25) is 4.79 Å². The summed E-state index contributed by atoms with van der Waals surface area (Å²) in [6.45, 7) is 5.15. The van der Waals surface area contributed by atoms with Crippen LogP contribution in [0.2, 0.25) is 0 Å². The zero-order valence-electron chi connectivity index (χ0n) is 10.9. The number of aromatic nitrogens is 1. The highest BCUT2D eigenvalue weighted by atomic mass is 19.1. The van der Waals surface area contributed by atoms with E-state index in [-0.39, 0.29) is 17.5 Å². The third-order valence-corrected chi connectivity index (χ3v) is 2.43. The smallest absolute Gasteiger partial charge is 0.250 e. The Bertz CT molecular complexity index is 639. The molecule has 20 heavy (non-hydrogen) atoms. The molecule has 0 fully saturated rings. The van der Waals surface area contributed by atoms with Gasteiger partial charge in [-0.05, 0) is 25.1 Å². The number of halogens is 1. The molecule has 0 unspecified atom stereocenters. The molecule has 1 heterocycles. The Morgan fingerprint density at radius 2 is 2.05 bits per heavy atom. The maximum atomic E-state index is 13.4. The lowest BCUT2D eigenvalue weighted by Crippen LogP contribution is -2.11. The molecule has 1 N–H and O–H groups in total. The van der Waals surface area contributed by atoms with Crippen LogP contribution in [0, 0.1) is 5.82 Å². The van der Waals surface area contributed by atoms with Crippen LogP contribution in [0.15, 0.2) is 54.7 Å². The minimum atomic E-state index is -0.464. The van der Waals surface area contributed by atoms with Crippen molar-refractivity contribution in [3.05, 3.63) is 60.6 Å². The summed E-state index contributed by atoms with van der Waals surface area (Å²) >= 11 is 0. The number of nitrogens with zero attached hydrogens (tertiary/aromatic N) is 1. The Labute approximate surface area is 115 Å². The summed E-state index contributed by atoms with van der Waals surface area (Å²) in [4.78, 5) is 15.4. The van der Waals surface area contributed by atoms with Crippen LogP contribution in [0.3, 0.4) is 0 Å². The SMILES string of the molecule is C=C(C)C(=O)Nc1ccc(Oc2ccccc2F)nc1. The second-order valence-electron chi connectivity index (χ2n) is 4.15. The first-order chi connectivity index (χ1) is 9.56. The molecule has 2 aromatic rings. The number of hydrogen-bond acceptors (Lipinski definition) is 3. The summed E-state index contributed by atoms with van der Waals surface area (Å²) in [5.74, 6) is -0.411. The third kappa shape index (κ3) is 3.41. The first-order valence-corrected chi connectivity index (χ1v) is 5.91. The third-order valence-electron chi connectivity index (χ3n) is 2.43. The number of nitrogens with one attached hydrogen (secondary N) is 1. The van der Waals surface area contributed by atoms with Crippen molar-refractivity contribution in [2.45, 2.75) is 6.92 Å². The van der Waals surface area contributed by atoms with Gasteiger partial charge in [0.1, 0.15) is 0 Å². The predicted molar refractivity (Wildman–Crippen MR) is 74.2 cm³/mol. The molecule has 1 aromatic heterocycles. The van der Waals surface area contributed by atoms with E-state index in [0.717, 1.165) is 0 Å². The minimum Gasteiger partial charge on any atom is -0.436 e. The Kier molecular flexibility index (Phi) is 4.10. The first-order valence-electron chi connectivity index (χ1n) is 5.91. The van der Waals surface area contributed by atoms with E-state index in [1.54, 1.807) is 31.2 Å². The van der Waals surface area contributed by atoms with Crippen LogP contribution in [0.1, 0.15) is 6.92 Å². The lowest BCUT2D eigenvalue weighted by atomic mass is 10.3. The van der Waals surface area contributed by atoms with Crippen molar-refractivity contribution in [1.29, 1.82) is 0 Å². The van der Waals surface area contributed by atoms with Gasteiger partial charge >= 0.3 is 0 Å². The molecule has 0 aliphatic carbocycles. The summed E-state index contributed by atoms with van der Waals surface area (Å²) < 4.78 is 18.7. The topological polar surface area (TPSA) is 51.2 Å². The van der Waals surface area contributed by atoms with E-state index in [2.05, 4.69) is 16.9 Å². The lowest BCUT2D eigenvalue weighted by molar-refractivity contribution is -0.112. The Balaban J connectivity index is 2.07. The van der Waals surface area contributed by atoms with Crippen LogP contribution >= 0.6 is 0 Å². The molecule has 1 aromatic carbocycles. The molecule has 0 radical (unpaired) electrons. The molecule has 2 rings (SSSR count). The maximum absolute atomic E-state index is 13.4. The van der Waals surface area contributed by atoms with Crippen LogP contribution in [0.25, 0.3) is 0 Å². The minimum absolute atomic E-state index is 0.0960.